The summed E-state index contributed by atoms with van der Waals surface area (Å²) < 4.78 is 70.4. The van der Waals surface area contributed by atoms with Gasteiger partial charge in [-0.05, 0) is 25.7 Å². The molecule has 0 spiro atoms. The number of alkyl halides is 4. The van der Waals surface area contributed by atoms with Gasteiger partial charge in [0.1, 0.15) is 6.10 Å². The zero-order valence-electron chi connectivity index (χ0n) is 20.9. The third kappa shape index (κ3) is 21.8. The SMILES string of the molecule is CCCCCC[C@@H](Cl)[C@@H](Cl)[C@@H](OS(=O)(=O)O)[C@H](Cl)C[C@@H](Cl)CCCCCCCCCCOS(=O)(=O)O. The average molecular weight is 641 g/mol. The second-order valence-corrected chi connectivity index (χ2v) is 13.4. The summed E-state index contributed by atoms with van der Waals surface area (Å²) in [6.07, 6.45) is 11.6. The molecule has 2 N–H and O–H groups in total. The maximum atomic E-state index is 11.4. The summed E-state index contributed by atoms with van der Waals surface area (Å²) in [6.45, 7) is 2.08. The van der Waals surface area contributed by atoms with Crippen LogP contribution in [-0.4, -0.2) is 60.2 Å². The predicted octanol–water partition coefficient (Wildman–Crippen LogP) is 7.29. The summed E-state index contributed by atoms with van der Waals surface area (Å²) in [5.74, 6) is 0. The molecule has 0 aromatic rings. The van der Waals surface area contributed by atoms with Gasteiger partial charge in [-0.3, -0.25) is 9.11 Å². The van der Waals surface area contributed by atoms with Crippen molar-refractivity contribution in [2.75, 3.05) is 6.61 Å². The minimum absolute atomic E-state index is 0.0113. The Morgan fingerprint density at radius 2 is 1.17 bits per heavy atom. The molecule has 0 saturated carbocycles. The van der Waals surface area contributed by atoms with Gasteiger partial charge in [0.15, 0.2) is 0 Å². The number of unbranched alkanes of at least 4 members (excludes halogenated alkanes) is 10. The first-order valence-electron chi connectivity index (χ1n) is 12.6. The molecule has 0 rings (SSSR count). The molecule has 218 valence electrons. The van der Waals surface area contributed by atoms with Crippen LogP contribution in [0, 0.1) is 0 Å². The average Bonchev–Trinajstić information content (AvgIpc) is 2.76. The van der Waals surface area contributed by atoms with Gasteiger partial charge in [0.2, 0.25) is 0 Å². The van der Waals surface area contributed by atoms with Gasteiger partial charge >= 0.3 is 20.8 Å². The molecule has 14 heteroatoms. The van der Waals surface area contributed by atoms with Crippen LogP contribution >= 0.6 is 46.4 Å². The molecule has 36 heavy (non-hydrogen) atoms. The monoisotopic (exact) mass is 638 g/mol. The van der Waals surface area contributed by atoms with E-state index < -0.39 is 43.0 Å². The Morgan fingerprint density at radius 1 is 0.667 bits per heavy atom. The second kappa shape index (κ2) is 20.8. The van der Waals surface area contributed by atoms with Crippen LogP contribution in [0.3, 0.4) is 0 Å². The van der Waals surface area contributed by atoms with E-state index in [1.807, 2.05) is 0 Å². The van der Waals surface area contributed by atoms with E-state index in [0.717, 1.165) is 70.6 Å². The maximum Gasteiger partial charge on any atom is 0.397 e. The van der Waals surface area contributed by atoms with Crippen LogP contribution in [0.2, 0.25) is 0 Å². The first kappa shape index (κ1) is 36.9. The Balaban J connectivity index is 4.28. The highest BCUT2D eigenvalue weighted by atomic mass is 35.5. The predicted molar refractivity (Wildman–Crippen MR) is 147 cm³/mol. The lowest BCUT2D eigenvalue weighted by atomic mass is 10.00. The molecular weight excluding hydrogens is 598 g/mol. The van der Waals surface area contributed by atoms with Crippen molar-refractivity contribution >= 4 is 67.2 Å². The summed E-state index contributed by atoms with van der Waals surface area (Å²) in [5, 5.41) is -2.65. The molecule has 5 atom stereocenters. The zero-order valence-corrected chi connectivity index (χ0v) is 25.5. The molecule has 0 aliphatic carbocycles. The first-order valence-corrected chi connectivity index (χ1v) is 17.1. The van der Waals surface area contributed by atoms with Crippen molar-refractivity contribution in [1.29, 1.82) is 0 Å². The van der Waals surface area contributed by atoms with Crippen LogP contribution in [0.15, 0.2) is 0 Å². The van der Waals surface area contributed by atoms with Gasteiger partial charge in [0.25, 0.3) is 0 Å². The van der Waals surface area contributed by atoms with E-state index in [2.05, 4.69) is 11.1 Å². The minimum Gasteiger partial charge on any atom is -0.264 e. The van der Waals surface area contributed by atoms with Crippen molar-refractivity contribution in [3.05, 3.63) is 0 Å². The van der Waals surface area contributed by atoms with E-state index in [4.69, 9.17) is 55.1 Å². The molecule has 8 nitrogen and oxygen atoms in total. The minimum atomic E-state index is -4.77. The standard InChI is InChI=1S/C22H42Cl4O8S2/c1-2-3-4-12-15-19(24)21(26)22(34-36(30,31)32)20(25)17-18(23)14-11-9-7-5-6-8-10-13-16-33-35(27,28)29/h18-22H,2-17H2,1H3,(H,27,28,29)(H,30,31,32)/t18-,19+,20+,21+,22-/m0/s1. The number of rotatable bonds is 24. The highest BCUT2D eigenvalue weighted by Gasteiger charge is 2.36. The van der Waals surface area contributed by atoms with Crippen molar-refractivity contribution in [1.82, 2.24) is 0 Å². The van der Waals surface area contributed by atoms with Crippen molar-refractivity contribution in [2.45, 2.75) is 131 Å². The summed E-state index contributed by atoms with van der Waals surface area (Å²) in [7, 11) is -9.12. The molecule has 0 saturated heterocycles. The molecule has 0 aromatic heterocycles. The fourth-order valence-electron chi connectivity index (χ4n) is 3.77. The van der Waals surface area contributed by atoms with Crippen molar-refractivity contribution in [2.24, 2.45) is 0 Å². The normalized spacial score (nSPS) is 17.0. The van der Waals surface area contributed by atoms with Crippen LogP contribution in [-0.2, 0) is 29.2 Å². The maximum absolute atomic E-state index is 11.4. The van der Waals surface area contributed by atoms with E-state index in [0.29, 0.717) is 19.3 Å². The van der Waals surface area contributed by atoms with Gasteiger partial charge in [-0.15, -0.1) is 46.4 Å². The van der Waals surface area contributed by atoms with Crippen molar-refractivity contribution in [3.8, 4) is 0 Å². The molecule has 0 heterocycles. The molecule has 0 bridgehead atoms. The molecular formula is C22H42Cl4O8S2. The molecule has 0 fully saturated rings. The van der Waals surface area contributed by atoms with Gasteiger partial charge in [-0.1, -0.05) is 77.6 Å². The highest BCUT2D eigenvalue weighted by Crippen LogP contribution is 2.30. The van der Waals surface area contributed by atoms with Crippen LogP contribution in [0.25, 0.3) is 0 Å². The number of halogens is 4. The summed E-state index contributed by atoms with van der Waals surface area (Å²) in [4.78, 5) is 0. The fourth-order valence-corrected chi connectivity index (χ4v) is 6.34. The van der Waals surface area contributed by atoms with Crippen LogP contribution < -0.4 is 0 Å². The second-order valence-electron chi connectivity index (χ2n) is 9.01. The van der Waals surface area contributed by atoms with E-state index in [-0.39, 0.29) is 18.4 Å². The Morgan fingerprint density at radius 3 is 1.69 bits per heavy atom. The Bertz CT molecular complexity index is 755. The summed E-state index contributed by atoms with van der Waals surface area (Å²) in [5.41, 5.74) is 0. The van der Waals surface area contributed by atoms with Gasteiger partial charge in [0.05, 0.1) is 22.7 Å². The lowest BCUT2D eigenvalue weighted by Crippen LogP contribution is -2.41. The highest BCUT2D eigenvalue weighted by molar-refractivity contribution is 7.81. The molecule has 0 unspecified atom stereocenters. The third-order valence-electron chi connectivity index (χ3n) is 5.71. The molecule has 0 aliphatic rings. The largest absolute Gasteiger partial charge is 0.397 e. The van der Waals surface area contributed by atoms with Gasteiger partial charge < -0.3 is 0 Å². The van der Waals surface area contributed by atoms with Crippen molar-refractivity contribution < 1.29 is 34.3 Å². The van der Waals surface area contributed by atoms with Gasteiger partial charge in [0, 0.05) is 5.38 Å². The lowest BCUT2D eigenvalue weighted by Gasteiger charge is -2.29. The Hall–Kier alpha value is 0.900. The Labute approximate surface area is 238 Å². The number of hydrogen-bond donors (Lipinski definition) is 2. The summed E-state index contributed by atoms with van der Waals surface area (Å²) >= 11 is 25.7. The zero-order chi connectivity index (χ0) is 27.6. The van der Waals surface area contributed by atoms with Crippen molar-refractivity contribution in [3.63, 3.8) is 0 Å². The molecule has 0 amide bonds. The van der Waals surface area contributed by atoms with E-state index in [1.54, 1.807) is 0 Å². The molecule has 0 aromatic carbocycles. The van der Waals surface area contributed by atoms with Gasteiger partial charge in [-0.2, -0.15) is 16.8 Å². The molecule has 0 radical (unpaired) electrons. The van der Waals surface area contributed by atoms with E-state index >= 15 is 0 Å². The quantitative estimate of drug-likeness (QED) is 0.0640. The molecule has 0 aliphatic heterocycles. The fraction of sp³-hybridized carbons (Fsp3) is 1.00. The van der Waals surface area contributed by atoms with Gasteiger partial charge in [-0.25, -0.2) is 8.37 Å². The summed E-state index contributed by atoms with van der Waals surface area (Å²) in [6, 6.07) is 0. The van der Waals surface area contributed by atoms with Crippen LogP contribution in [0.4, 0.5) is 0 Å². The topological polar surface area (TPSA) is 127 Å². The number of hydrogen-bond acceptors (Lipinski definition) is 6. The van der Waals surface area contributed by atoms with Crippen LogP contribution in [0.5, 0.6) is 0 Å². The third-order valence-corrected chi connectivity index (χ3v) is 8.63. The van der Waals surface area contributed by atoms with E-state index in [1.165, 1.54) is 0 Å². The van der Waals surface area contributed by atoms with Crippen LogP contribution in [0.1, 0.15) is 103 Å². The smallest absolute Gasteiger partial charge is 0.264 e. The lowest BCUT2D eigenvalue weighted by molar-refractivity contribution is 0.165. The van der Waals surface area contributed by atoms with E-state index in [9.17, 15) is 21.4 Å². The Kier molecular flexibility index (Phi) is 21.3. The first-order chi connectivity index (χ1) is 16.8.